The van der Waals surface area contributed by atoms with E-state index in [1.807, 2.05) is 0 Å². The van der Waals surface area contributed by atoms with Gasteiger partial charge in [0.2, 0.25) is 18.4 Å². The number of aromatic nitrogens is 2. The van der Waals surface area contributed by atoms with Crippen molar-refractivity contribution in [2.75, 3.05) is 17.5 Å². The fraction of sp³-hybridized carbons (Fsp3) is 0.158. The van der Waals surface area contributed by atoms with Gasteiger partial charge >= 0.3 is 0 Å². The molecule has 16 heteroatoms. The summed E-state index contributed by atoms with van der Waals surface area (Å²) in [4.78, 5) is 36.2. The van der Waals surface area contributed by atoms with Gasteiger partial charge in [0.15, 0.2) is 17.5 Å². The molecule has 3 heterocycles. The van der Waals surface area contributed by atoms with Crippen molar-refractivity contribution >= 4 is 29.1 Å². The van der Waals surface area contributed by atoms with Gasteiger partial charge in [-0.15, -0.1) is 0 Å². The van der Waals surface area contributed by atoms with E-state index in [0.29, 0.717) is 17.1 Å². The van der Waals surface area contributed by atoms with E-state index >= 15 is 0 Å². The first kappa shape index (κ1) is 21.6. The molecule has 0 saturated carbocycles. The van der Waals surface area contributed by atoms with Gasteiger partial charge in [-0.05, 0) is 34.1 Å². The summed E-state index contributed by atoms with van der Waals surface area (Å²) in [5.74, 6) is -0.647. The van der Waals surface area contributed by atoms with Gasteiger partial charge in [-0.2, -0.15) is 5.11 Å². The number of nitro groups is 1. The number of nitrogens with one attached hydrogen (secondary N) is 2. The second-order valence-corrected chi connectivity index (χ2v) is 7.28. The molecule has 2 aliphatic heterocycles. The maximum Gasteiger partial charge on any atom is 0.269 e. The van der Waals surface area contributed by atoms with Crippen molar-refractivity contribution in [1.29, 1.82) is 0 Å². The van der Waals surface area contributed by atoms with Crippen LogP contribution in [0.2, 0.25) is 0 Å². The number of hydrogen-bond acceptors (Lipinski definition) is 13. The number of ether oxygens (including phenoxy) is 2. The zero-order valence-electron chi connectivity index (χ0n) is 17.5. The van der Waals surface area contributed by atoms with Crippen molar-refractivity contribution in [3.05, 3.63) is 63.7 Å². The molecule has 0 saturated heterocycles. The molecule has 178 valence electrons. The summed E-state index contributed by atoms with van der Waals surface area (Å²) in [6.45, 7) is 0.0465. The van der Waals surface area contributed by atoms with Crippen LogP contribution in [0, 0.1) is 10.1 Å². The number of amides is 2. The monoisotopic (exact) mass is 481 g/mol. The van der Waals surface area contributed by atoms with E-state index in [0.717, 1.165) is 5.01 Å². The standard InChI is InChI=1S/C19H15N9O7/c20-16-17(25-35-24-16)27-15(9-2-1-3-11(6-9)28(31)32)14(21-26-27)19(30)23-22-18(29)10-4-5-12-13(7-10)34-8-33-12/h1-7,14-15H,8H2,(H2,20,24)(H,22,29)(H,23,30). The first-order valence-corrected chi connectivity index (χ1v) is 9.94. The number of nitro benzene ring substituents is 1. The normalized spacial score (nSPS) is 17.9. The summed E-state index contributed by atoms with van der Waals surface area (Å²) < 4.78 is 15.1. The Morgan fingerprint density at radius 3 is 2.71 bits per heavy atom. The van der Waals surface area contributed by atoms with Crippen molar-refractivity contribution in [3.63, 3.8) is 0 Å². The van der Waals surface area contributed by atoms with Gasteiger partial charge in [-0.3, -0.25) is 30.6 Å². The Bertz CT molecular complexity index is 1360. The summed E-state index contributed by atoms with van der Waals surface area (Å²) in [5.41, 5.74) is 10.7. The van der Waals surface area contributed by atoms with E-state index < -0.39 is 28.8 Å². The zero-order chi connectivity index (χ0) is 24.5. The zero-order valence-corrected chi connectivity index (χ0v) is 17.5. The summed E-state index contributed by atoms with van der Waals surface area (Å²) in [6, 6.07) is 7.84. The predicted octanol–water partition coefficient (Wildman–Crippen LogP) is 1.05. The second-order valence-electron chi connectivity index (χ2n) is 7.28. The quantitative estimate of drug-likeness (QED) is 0.346. The van der Waals surface area contributed by atoms with Crippen molar-refractivity contribution in [2.45, 2.75) is 12.1 Å². The lowest BCUT2D eigenvalue weighted by Gasteiger charge is -2.23. The van der Waals surface area contributed by atoms with Crippen LogP contribution in [0.5, 0.6) is 11.5 Å². The number of anilines is 2. The van der Waals surface area contributed by atoms with Crippen LogP contribution in [0.3, 0.4) is 0 Å². The number of non-ortho nitro benzene ring substituents is 1. The maximum atomic E-state index is 13.0. The van der Waals surface area contributed by atoms with Crippen molar-refractivity contribution in [1.82, 2.24) is 21.2 Å². The molecule has 1 aromatic heterocycles. The van der Waals surface area contributed by atoms with Crippen molar-refractivity contribution in [3.8, 4) is 11.5 Å². The maximum absolute atomic E-state index is 13.0. The minimum Gasteiger partial charge on any atom is -0.454 e. The molecule has 16 nitrogen and oxygen atoms in total. The number of fused-ring (bicyclic) bond motifs is 1. The highest BCUT2D eigenvalue weighted by Crippen LogP contribution is 2.38. The Morgan fingerprint density at radius 1 is 1.11 bits per heavy atom. The van der Waals surface area contributed by atoms with Gasteiger partial charge in [0.1, 0.15) is 6.04 Å². The number of nitrogens with zero attached hydrogens (tertiary/aromatic N) is 6. The van der Waals surface area contributed by atoms with Gasteiger partial charge in [-0.25, -0.2) is 9.64 Å². The predicted molar refractivity (Wildman–Crippen MR) is 114 cm³/mol. The third kappa shape index (κ3) is 3.99. The van der Waals surface area contributed by atoms with Crippen LogP contribution >= 0.6 is 0 Å². The summed E-state index contributed by atoms with van der Waals surface area (Å²) in [6.07, 6.45) is 0. The van der Waals surface area contributed by atoms with Crippen LogP contribution in [0.15, 0.2) is 57.4 Å². The third-order valence-electron chi connectivity index (χ3n) is 5.17. The molecule has 0 aliphatic carbocycles. The Hall–Kier alpha value is -5.28. The molecule has 2 amide bonds. The Labute approximate surface area is 194 Å². The molecule has 2 atom stereocenters. The number of hydrazine groups is 1. The van der Waals surface area contributed by atoms with E-state index in [1.165, 1.54) is 30.3 Å². The van der Waals surface area contributed by atoms with Crippen LogP contribution < -0.4 is 31.1 Å². The van der Waals surface area contributed by atoms with Crippen LogP contribution in [-0.2, 0) is 4.79 Å². The molecular formula is C19H15N9O7. The molecule has 5 rings (SSSR count). The van der Waals surface area contributed by atoms with Crippen molar-refractivity contribution in [2.24, 2.45) is 10.3 Å². The van der Waals surface area contributed by atoms with Gasteiger partial charge in [0.05, 0.1) is 4.92 Å². The summed E-state index contributed by atoms with van der Waals surface area (Å²) in [5, 5.41) is 27.5. The lowest BCUT2D eigenvalue weighted by Crippen LogP contribution is -2.48. The van der Waals surface area contributed by atoms with Crippen LogP contribution in [0.25, 0.3) is 0 Å². The highest BCUT2D eigenvalue weighted by atomic mass is 16.7. The average Bonchev–Trinajstić information content (AvgIpc) is 3.60. The average molecular weight is 481 g/mol. The molecule has 3 aromatic rings. The molecule has 2 aromatic carbocycles. The number of rotatable bonds is 5. The smallest absolute Gasteiger partial charge is 0.269 e. The highest BCUT2D eigenvalue weighted by molar-refractivity contribution is 5.96. The number of carbonyl (C=O) groups is 2. The van der Waals surface area contributed by atoms with Gasteiger partial charge in [0.25, 0.3) is 17.5 Å². The first-order valence-electron chi connectivity index (χ1n) is 9.94. The van der Waals surface area contributed by atoms with Gasteiger partial charge < -0.3 is 15.2 Å². The number of benzene rings is 2. The molecule has 35 heavy (non-hydrogen) atoms. The summed E-state index contributed by atoms with van der Waals surface area (Å²) >= 11 is 0. The molecule has 0 bridgehead atoms. The fourth-order valence-corrected chi connectivity index (χ4v) is 3.53. The number of nitrogen functional groups attached to an aromatic ring is 1. The van der Waals surface area contributed by atoms with E-state index in [9.17, 15) is 19.7 Å². The SMILES string of the molecule is Nc1nonc1N1N=NC(C(=O)NNC(=O)c2ccc3c(c2)OCO3)C1c1cccc([N+](=O)[O-])c1. The number of carbonyl (C=O) groups excluding carboxylic acids is 2. The first-order chi connectivity index (χ1) is 16.9. The minimum atomic E-state index is -1.25. The van der Waals surface area contributed by atoms with Crippen LogP contribution in [-0.4, -0.2) is 39.9 Å². The van der Waals surface area contributed by atoms with Gasteiger partial charge in [0, 0.05) is 17.7 Å². The second kappa shape index (κ2) is 8.58. The van der Waals surface area contributed by atoms with Gasteiger partial charge in [-0.1, -0.05) is 17.4 Å². The molecule has 0 spiro atoms. The number of hydrogen-bond donors (Lipinski definition) is 3. The molecule has 0 radical (unpaired) electrons. The van der Waals surface area contributed by atoms with E-state index in [4.69, 9.17) is 15.2 Å². The van der Waals surface area contributed by atoms with E-state index in [1.54, 1.807) is 12.1 Å². The molecule has 2 aliphatic rings. The molecule has 2 unspecified atom stereocenters. The molecule has 4 N–H and O–H groups in total. The minimum absolute atomic E-state index is 0.0371. The Morgan fingerprint density at radius 2 is 1.94 bits per heavy atom. The van der Waals surface area contributed by atoms with E-state index in [2.05, 4.69) is 36.1 Å². The topological polar surface area (TPSA) is 213 Å². The Kier molecular flexibility index (Phi) is 5.28. The molecular weight excluding hydrogens is 466 g/mol. The van der Waals surface area contributed by atoms with Crippen molar-refractivity contribution < 1.29 is 28.6 Å². The van der Waals surface area contributed by atoms with Crippen LogP contribution in [0.4, 0.5) is 17.3 Å². The lowest BCUT2D eigenvalue weighted by molar-refractivity contribution is -0.384. The number of nitrogens with two attached hydrogens (primary N) is 1. The van der Waals surface area contributed by atoms with Crippen LogP contribution in [0.1, 0.15) is 22.0 Å². The third-order valence-corrected chi connectivity index (χ3v) is 5.17. The van der Waals surface area contributed by atoms with E-state index in [-0.39, 0.29) is 29.7 Å². The lowest BCUT2D eigenvalue weighted by atomic mass is 9.98. The summed E-state index contributed by atoms with van der Waals surface area (Å²) in [7, 11) is 0. The fourth-order valence-electron chi connectivity index (χ4n) is 3.53. The Balaban J connectivity index is 1.37. The highest BCUT2D eigenvalue weighted by Gasteiger charge is 2.42. The largest absolute Gasteiger partial charge is 0.454 e. The molecule has 0 fully saturated rings.